The van der Waals surface area contributed by atoms with Crippen LogP contribution in [0.3, 0.4) is 0 Å². The SMILES string of the molecule is CCOC(=O)C(OC)N(c1cc(C(F)(F)F)cc(C(F)(F)F)c1Cl)c1nc(C(F)(F)F)cc(=O)n1CC. The summed E-state index contributed by atoms with van der Waals surface area (Å²) in [6.45, 7) is 1.67. The van der Waals surface area contributed by atoms with E-state index in [9.17, 15) is 49.1 Å². The molecule has 37 heavy (non-hydrogen) atoms. The highest BCUT2D eigenvalue weighted by Crippen LogP contribution is 2.46. The third-order valence-corrected chi connectivity index (χ3v) is 5.10. The van der Waals surface area contributed by atoms with Gasteiger partial charge in [0.15, 0.2) is 5.69 Å². The first kappa shape index (κ1) is 30.2. The molecule has 7 nitrogen and oxygen atoms in total. The molecule has 0 N–H and O–H groups in total. The molecule has 0 aliphatic carbocycles. The van der Waals surface area contributed by atoms with Crippen LogP contribution in [0, 0.1) is 0 Å². The van der Waals surface area contributed by atoms with Gasteiger partial charge in [0.25, 0.3) is 5.56 Å². The molecule has 2 aromatic rings. The number of halogens is 10. The number of aromatic nitrogens is 2. The average molecular weight is 570 g/mol. The van der Waals surface area contributed by atoms with Crippen LogP contribution >= 0.6 is 11.6 Å². The number of nitrogens with zero attached hydrogens (tertiary/aromatic N) is 3. The molecule has 1 aromatic carbocycles. The lowest BCUT2D eigenvalue weighted by molar-refractivity contribution is -0.154. The zero-order valence-corrected chi connectivity index (χ0v) is 19.7. The van der Waals surface area contributed by atoms with E-state index in [1.807, 2.05) is 0 Å². The van der Waals surface area contributed by atoms with Gasteiger partial charge in [0, 0.05) is 19.7 Å². The van der Waals surface area contributed by atoms with Crippen molar-refractivity contribution < 1.29 is 53.8 Å². The molecule has 0 radical (unpaired) electrons. The Hall–Kier alpha value is -3.01. The van der Waals surface area contributed by atoms with Gasteiger partial charge in [0.1, 0.15) is 0 Å². The quantitative estimate of drug-likeness (QED) is 0.244. The molecule has 0 bridgehead atoms. The molecule has 0 fully saturated rings. The fourth-order valence-electron chi connectivity index (χ4n) is 3.13. The van der Waals surface area contributed by atoms with Gasteiger partial charge in [-0.2, -0.15) is 39.5 Å². The number of rotatable bonds is 7. The first-order valence-electron chi connectivity index (χ1n) is 10.0. The molecule has 1 heterocycles. The summed E-state index contributed by atoms with van der Waals surface area (Å²) in [7, 11) is 0.767. The Balaban J connectivity index is 3.14. The van der Waals surface area contributed by atoms with Crippen molar-refractivity contribution in [3.63, 3.8) is 0 Å². The third kappa shape index (κ3) is 6.47. The molecule has 0 aliphatic heterocycles. The van der Waals surface area contributed by atoms with Gasteiger partial charge >= 0.3 is 24.5 Å². The normalized spacial score (nSPS) is 13.4. The van der Waals surface area contributed by atoms with E-state index in [0.29, 0.717) is 4.57 Å². The lowest BCUT2D eigenvalue weighted by atomic mass is 10.1. The zero-order chi connectivity index (χ0) is 28.5. The predicted octanol–water partition coefficient (Wildman–Crippen LogP) is 5.65. The molecule has 206 valence electrons. The number of methoxy groups -OCH3 is 1. The Kier molecular flexibility index (Phi) is 8.79. The highest BCUT2D eigenvalue weighted by Gasteiger charge is 2.43. The smallest absolute Gasteiger partial charge is 0.433 e. The molecule has 1 aromatic heterocycles. The van der Waals surface area contributed by atoms with E-state index in [1.54, 1.807) is 0 Å². The number of anilines is 2. The van der Waals surface area contributed by atoms with Gasteiger partial charge in [-0.15, -0.1) is 0 Å². The monoisotopic (exact) mass is 569 g/mol. The summed E-state index contributed by atoms with van der Waals surface area (Å²) in [5.41, 5.74) is -8.46. The number of benzene rings is 1. The molecule has 0 saturated carbocycles. The van der Waals surface area contributed by atoms with Crippen molar-refractivity contribution in [3.8, 4) is 0 Å². The van der Waals surface area contributed by atoms with E-state index in [-0.39, 0.29) is 29.7 Å². The molecule has 0 saturated heterocycles. The van der Waals surface area contributed by atoms with Crippen LogP contribution in [0.5, 0.6) is 0 Å². The molecular weight excluding hydrogens is 553 g/mol. The maximum atomic E-state index is 13.6. The zero-order valence-electron chi connectivity index (χ0n) is 19.0. The second-order valence-electron chi connectivity index (χ2n) is 7.08. The van der Waals surface area contributed by atoms with Gasteiger partial charge < -0.3 is 9.47 Å². The van der Waals surface area contributed by atoms with Crippen LogP contribution in [0.25, 0.3) is 0 Å². The molecule has 17 heteroatoms. The number of carbonyl (C=O) groups excluding carboxylic acids is 1. The molecule has 0 spiro atoms. The molecule has 0 amide bonds. The molecule has 0 aliphatic rings. The average Bonchev–Trinajstić information content (AvgIpc) is 2.75. The minimum Gasteiger partial charge on any atom is -0.463 e. The lowest BCUT2D eigenvalue weighted by Gasteiger charge is -2.33. The molecule has 1 unspecified atom stereocenters. The number of esters is 1. The van der Waals surface area contributed by atoms with Crippen LogP contribution < -0.4 is 10.5 Å². The van der Waals surface area contributed by atoms with E-state index >= 15 is 0 Å². The fourth-order valence-corrected chi connectivity index (χ4v) is 3.44. The molecular formula is C20H17ClF9N3O4. The second kappa shape index (κ2) is 10.8. The first-order valence-corrected chi connectivity index (χ1v) is 10.4. The summed E-state index contributed by atoms with van der Waals surface area (Å²) >= 11 is 5.83. The Bertz CT molecular complexity index is 1210. The van der Waals surface area contributed by atoms with Crippen molar-refractivity contribution >= 4 is 29.2 Å². The summed E-state index contributed by atoms with van der Waals surface area (Å²) in [5.74, 6) is -2.63. The van der Waals surface area contributed by atoms with Gasteiger partial charge in [-0.1, -0.05) is 11.6 Å². The first-order chi connectivity index (χ1) is 16.9. The Morgan fingerprint density at radius 2 is 1.62 bits per heavy atom. The minimum absolute atomic E-state index is 0.0508. The van der Waals surface area contributed by atoms with Crippen molar-refractivity contribution in [3.05, 3.63) is 50.4 Å². The van der Waals surface area contributed by atoms with E-state index in [2.05, 4.69) is 4.98 Å². The summed E-state index contributed by atoms with van der Waals surface area (Å²) < 4.78 is 132. The van der Waals surface area contributed by atoms with Crippen molar-refractivity contribution in [2.24, 2.45) is 0 Å². The van der Waals surface area contributed by atoms with Crippen LogP contribution in [0.4, 0.5) is 51.1 Å². The van der Waals surface area contributed by atoms with Crippen LogP contribution in [0.1, 0.15) is 30.7 Å². The number of ether oxygens (including phenoxy) is 2. The summed E-state index contributed by atoms with van der Waals surface area (Å²) in [5, 5.41) is -1.44. The Labute approximate surface area is 207 Å². The van der Waals surface area contributed by atoms with Crippen LogP contribution in [0.15, 0.2) is 23.0 Å². The largest absolute Gasteiger partial charge is 0.463 e. The van der Waals surface area contributed by atoms with Crippen LogP contribution in [0.2, 0.25) is 5.02 Å². The van der Waals surface area contributed by atoms with E-state index < -0.39 is 76.3 Å². The summed E-state index contributed by atoms with van der Waals surface area (Å²) in [4.78, 5) is 28.4. The van der Waals surface area contributed by atoms with Gasteiger partial charge in [0.05, 0.1) is 28.4 Å². The maximum absolute atomic E-state index is 13.6. The van der Waals surface area contributed by atoms with Gasteiger partial charge in [-0.25, -0.2) is 9.78 Å². The van der Waals surface area contributed by atoms with E-state index in [4.69, 9.17) is 21.1 Å². The fraction of sp³-hybridized carbons (Fsp3) is 0.450. The van der Waals surface area contributed by atoms with E-state index in [1.165, 1.54) is 13.8 Å². The van der Waals surface area contributed by atoms with Gasteiger partial charge in [-0.3, -0.25) is 14.3 Å². The highest BCUT2D eigenvalue weighted by molar-refractivity contribution is 6.34. The number of hydrogen-bond donors (Lipinski definition) is 0. The Morgan fingerprint density at radius 3 is 2.05 bits per heavy atom. The summed E-state index contributed by atoms with van der Waals surface area (Å²) in [6.07, 6.45) is -18.5. The topological polar surface area (TPSA) is 73.7 Å². The number of alkyl halides is 9. The van der Waals surface area contributed by atoms with Crippen molar-refractivity contribution in [2.45, 2.75) is 45.1 Å². The maximum Gasteiger partial charge on any atom is 0.433 e. The lowest BCUT2D eigenvalue weighted by Crippen LogP contribution is -2.44. The molecule has 2 rings (SSSR count). The third-order valence-electron chi connectivity index (χ3n) is 4.70. The van der Waals surface area contributed by atoms with Crippen LogP contribution in [-0.2, 0) is 39.3 Å². The highest BCUT2D eigenvalue weighted by atomic mass is 35.5. The van der Waals surface area contributed by atoms with E-state index in [0.717, 1.165) is 7.11 Å². The van der Waals surface area contributed by atoms with Crippen molar-refractivity contribution in [1.82, 2.24) is 9.55 Å². The van der Waals surface area contributed by atoms with Gasteiger partial charge in [-0.05, 0) is 26.0 Å². The summed E-state index contributed by atoms with van der Waals surface area (Å²) in [6, 6.07) is -0.204. The van der Waals surface area contributed by atoms with Crippen molar-refractivity contribution in [2.75, 3.05) is 18.6 Å². The predicted molar refractivity (Wildman–Crippen MR) is 110 cm³/mol. The number of carbonyl (C=O) groups is 1. The molecule has 1 atom stereocenters. The van der Waals surface area contributed by atoms with Crippen LogP contribution in [-0.4, -0.2) is 35.5 Å². The Morgan fingerprint density at radius 1 is 1.03 bits per heavy atom. The standard InChI is InChI=1S/C20H17ClF9N3O4/c1-4-32-13(34)8-12(20(28,29)30)31-17(32)33(15(36-3)16(35)37-5-2)11-7-9(18(22,23)24)6-10(14(11)21)19(25,26)27/h6-8,15H,4-5H2,1-3H3. The minimum atomic E-state index is -5.48. The number of hydrogen-bond acceptors (Lipinski definition) is 6. The second-order valence-corrected chi connectivity index (χ2v) is 7.46. The van der Waals surface area contributed by atoms with Gasteiger partial charge in [0.2, 0.25) is 12.2 Å². The van der Waals surface area contributed by atoms with Crippen molar-refractivity contribution in [1.29, 1.82) is 0 Å².